The Balaban J connectivity index is 1.76. The lowest BCUT2D eigenvalue weighted by atomic mass is 9.81. The molecule has 0 saturated carbocycles. The summed E-state index contributed by atoms with van der Waals surface area (Å²) in [5.74, 6) is -1.38. The molecule has 0 aromatic heterocycles. The van der Waals surface area contributed by atoms with Gasteiger partial charge in [-0.05, 0) is 48.7 Å². The zero-order chi connectivity index (χ0) is 27.1. The molecule has 1 aliphatic rings. The van der Waals surface area contributed by atoms with E-state index in [1.165, 1.54) is 11.8 Å². The predicted octanol–water partition coefficient (Wildman–Crippen LogP) is 6.42. The van der Waals surface area contributed by atoms with E-state index in [0.717, 1.165) is 16.8 Å². The first-order valence-corrected chi connectivity index (χ1v) is 13.4. The number of nitriles is 1. The van der Waals surface area contributed by atoms with Gasteiger partial charge in [0.1, 0.15) is 0 Å². The smallest absolute Gasteiger partial charge is 0.337 e. The number of allylic oxidation sites excluding steroid dienone is 1. The lowest BCUT2D eigenvalue weighted by molar-refractivity contribution is -0.138. The topological polar surface area (TPSA) is 91.2 Å². The van der Waals surface area contributed by atoms with Crippen LogP contribution < -0.4 is 10.6 Å². The molecule has 4 rings (SSSR count). The Kier molecular flexibility index (Phi) is 8.90. The van der Waals surface area contributed by atoms with Gasteiger partial charge >= 0.3 is 5.97 Å². The summed E-state index contributed by atoms with van der Waals surface area (Å²) in [6, 6.07) is 26.2. The number of dihydropyridines is 1. The van der Waals surface area contributed by atoms with Crippen LogP contribution in [0.25, 0.3) is 5.70 Å². The molecule has 192 valence electrons. The highest BCUT2D eigenvalue weighted by Gasteiger charge is 2.37. The normalized spacial score (nSPS) is 14.9. The molecule has 1 heterocycles. The van der Waals surface area contributed by atoms with Crippen LogP contribution in [0.4, 0.5) is 5.69 Å². The van der Waals surface area contributed by atoms with Crippen LogP contribution in [-0.2, 0) is 14.3 Å². The Morgan fingerprint density at radius 3 is 2.39 bits per heavy atom. The van der Waals surface area contributed by atoms with Crippen LogP contribution in [0.5, 0.6) is 0 Å². The average Bonchev–Trinajstić information content (AvgIpc) is 2.93. The van der Waals surface area contributed by atoms with Gasteiger partial charge in [0.25, 0.3) is 0 Å². The average molecular weight is 544 g/mol. The minimum atomic E-state index is -0.713. The molecule has 0 radical (unpaired) electrons. The molecular weight excluding hydrogens is 518 g/mol. The molecule has 0 aliphatic carbocycles. The highest BCUT2D eigenvalue weighted by Crippen LogP contribution is 2.43. The number of benzene rings is 3. The Labute approximate surface area is 231 Å². The number of aryl methyl sites for hydroxylation is 1. The molecule has 0 unspecified atom stereocenters. The number of nitrogens with one attached hydrogen (secondary N) is 2. The van der Waals surface area contributed by atoms with E-state index in [-0.39, 0.29) is 18.3 Å². The Bertz CT molecular complexity index is 1440. The molecule has 0 bridgehead atoms. The van der Waals surface area contributed by atoms with Crippen molar-refractivity contribution in [2.45, 2.75) is 19.8 Å². The van der Waals surface area contributed by atoms with E-state index in [1.807, 2.05) is 61.5 Å². The number of thioether (sulfide) groups is 1. The van der Waals surface area contributed by atoms with Crippen molar-refractivity contribution >= 4 is 46.6 Å². The Hall–Kier alpha value is -3.99. The number of rotatable bonds is 8. The van der Waals surface area contributed by atoms with Crippen molar-refractivity contribution in [3.8, 4) is 6.07 Å². The number of ether oxygens (including phenoxy) is 1. The van der Waals surface area contributed by atoms with Crippen molar-refractivity contribution in [1.29, 1.82) is 5.26 Å². The molecular formula is C30H26ClN3O3S. The monoisotopic (exact) mass is 543 g/mol. The fraction of sp³-hybridized carbons (Fsp3) is 0.167. The number of nitrogens with zero attached hydrogens (tertiary/aromatic N) is 1. The number of anilines is 1. The van der Waals surface area contributed by atoms with Crippen molar-refractivity contribution in [2.24, 2.45) is 0 Å². The van der Waals surface area contributed by atoms with Crippen LogP contribution in [0.1, 0.15) is 29.5 Å². The lowest BCUT2D eigenvalue weighted by Gasteiger charge is -2.30. The quantitative estimate of drug-likeness (QED) is 0.319. The summed E-state index contributed by atoms with van der Waals surface area (Å²) in [4.78, 5) is 26.2. The van der Waals surface area contributed by atoms with Crippen LogP contribution in [-0.4, -0.2) is 24.2 Å². The van der Waals surface area contributed by atoms with E-state index in [0.29, 0.717) is 32.5 Å². The van der Waals surface area contributed by atoms with Gasteiger partial charge in [-0.3, -0.25) is 4.79 Å². The van der Waals surface area contributed by atoms with Crippen LogP contribution in [0.15, 0.2) is 95.0 Å². The summed E-state index contributed by atoms with van der Waals surface area (Å²) in [6.07, 6.45) is 0. The number of amides is 1. The molecule has 3 aromatic carbocycles. The van der Waals surface area contributed by atoms with E-state index < -0.39 is 11.9 Å². The van der Waals surface area contributed by atoms with E-state index in [9.17, 15) is 14.9 Å². The number of halogens is 1. The summed E-state index contributed by atoms with van der Waals surface area (Å²) < 4.78 is 5.45. The van der Waals surface area contributed by atoms with Crippen LogP contribution >= 0.6 is 23.4 Å². The van der Waals surface area contributed by atoms with Crippen molar-refractivity contribution in [2.75, 3.05) is 17.7 Å². The number of carbonyl (C=O) groups excluding carboxylic acids is 2. The van der Waals surface area contributed by atoms with Crippen molar-refractivity contribution in [1.82, 2.24) is 5.32 Å². The van der Waals surface area contributed by atoms with Crippen LogP contribution in [0.2, 0.25) is 5.02 Å². The van der Waals surface area contributed by atoms with Gasteiger partial charge in [0.05, 0.1) is 46.2 Å². The lowest BCUT2D eigenvalue weighted by Crippen LogP contribution is -2.29. The minimum absolute atomic E-state index is 0.0615. The van der Waals surface area contributed by atoms with Crippen LogP contribution in [0, 0.1) is 18.3 Å². The van der Waals surface area contributed by atoms with E-state index >= 15 is 0 Å². The Morgan fingerprint density at radius 2 is 1.74 bits per heavy atom. The van der Waals surface area contributed by atoms with E-state index in [2.05, 4.69) is 16.7 Å². The maximum Gasteiger partial charge on any atom is 0.337 e. The molecule has 0 spiro atoms. The number of carbonyl (C=O) groups is 2. The molecule has 3 aromatic rings. The summed E-state index contributed by atoms with van der Waals surface area (Å²) in [5.41, 5.74) is 4.34. The van der Waals surface area contributed by atoms with Gasteiger partial charge in [-0.2, -0.15) is 5.26 Å². The third-order valence-electron chi connectivity index (χ3n) is 5.98. The van der Waals surface area contributed by atoms with Crippen molar-refractivity contribution < 1.29 is 14.3 Å². The standard InChI is InChI=1S/C30H26ClN3O3S/c1-3-37-30(36)27-26(20-13-15-22(31)16-14-20)23(17-32)29(34-28(27)21-10-5-4-6-11-21)38-18-25(35)33-24-12-8-7-9-19(24)2/h4-16,26,34H,3,18H2,1-2H3,(H,33,35)/t26-/m1/s1. The SMILES string of the molecule is CCOC(=O)C1=C(c2ccccc2)NC(SCC(=O)Nc2ccccc2C)=C(C#N)[C@H]1c1ccc(Cl)cc1. The molecule has 0 fully saturated rings. The predicted molar refractivity (Wildman–Crippen MR) is 152 cm³/mol. The van der Waals surface area contributed by atoms with Gasteiger partial charge in [-0.1, -0.05) is 84.0 Å². The molecule has 1 aliphatic heterocycles. The largest absolute Gasteiger partial charge is 0.463 e. The highest BCUT2D eigenvalue weighted by atomic mass is 35.5. The van der Waals surface area contributed by atoms with Gasteiger partial charge in [-0.25, -0.2) is 4.79 Å². The van der Waals surface area contributed by atoms with E-state index in [1.54, 1.807) is 31.2 Å². The second kappa shape index (κ2) is 12.5. The first kappa shape index (κ1) is 27.1. The maximum absolute atomic E-state index is 13.4. The second-order valence-electron chi connectivity index (χ2n) is 8.49. The van der Waals surface area contributed by atoms with Gasteiger partial charge in [0, 0.05) is 10.7 Å². The first-order chi connectivity index (χ1) is 18.4. The van der Waals surface area contributed by atoms with Gasteiger partial charge < -0.3 is 15.4 Å². The molecule has 8 heteroatoms. The van der Waals surface area contributed by atoms with Gasteiger partial charge in [-0.15, -0.1) is 0 Å². The number of para-hydroxylation sites is 1. The van der Waals surface area contributed by atoms with Gasteiger partial charge in [0.15, 0.2) is 0 Å². The fourth-order valence-corrected chi connectivity index (χ4v) is 5.15. The zero-order valence-electron chi connectivity index (χ0n) is 21.0. The number of hydrogen-bond acceptors (Lipinski definition) is 6. The zero-order valence-corrected chi connectivity index (χ0v) is 22.5. The van der Waals surface area contributed by atoms with E-state index in [4.69, 9.17) is 16.3 Å². The van der Waals surface area contributed by atoms with Crippen molar-refractivity contribution in [3.05, 3.63) is 117 Å². The minimum Gasteiger partial charge on any atom is -0.463 e. The number of esters is 1. The van der Waals surface area contributed by atoms with Crippen LogP contribution in [0.3, 0.4) is 0 Å². The summed E-state index contributed by atoms with van der Waals surface area (Å²) in [7, 11) is 0. The maximum atomic E-state index is 13.4. The molecule has 38 heavy (non-hydrogen) atoms. The third-order valence-corrected chi connectivity index (χ3v) is 7.25. The molecule has 0 saturated heterocycles. The summed E-state index contributed by atoms with van der Waals surface area (Å²) >= 11 is 7.36. The summed E-state index contributed by atoms with van der Waals surface area (Å²) in [6.45, 7) is 3.85. The molecule has 6 nitrogen and oxygen atoms in total. The van der Waals surface area contributed by atoms with Gasteiger partial charge in [0.2, 0.25) is 5.91 Å². The molecule has 2 N–H and O–H groups in total. The van der Waals surface area contributed by atoms with Crippen molar-refractivity contribution in [3.63, 3.8) is 0 Å². The Morgan fingerprint density at radius 1 is 1.05 bits per heavy atom. The number of hydrogen-bond donors (Lipinski definition) is 2. The third kappa shape index (κ3) is 6.10. The first-order valence-electron chi connectivity index (χ1n) is 12.0. The highest BCUT2D eigenvalue weighted by molar-refractivity contribution is 8.03. The second-order valence-corrected chi connectivity index (χ2v) is 9.91. The molecule has 1 atom stereocenters. The summed E-state index contributed by atoms with van der Waals surface area (Å²) in [5, 5.41) is 17.6. The fourth-order valence-electron chi connectivity index (χ4n) is 4.18. The molecule has 1 amide bonds.